The fourth-order valence-electron chi connectivity index (χ4n) is 1.64. The normalized spacial score (nSPS) is 11.8. The molecule has 0 aliphatic carbocycles. The summed E-state index contributed by atoms with van der Waals surface area (Å²) in [4.78, 5) is 33.8. The Labute approximate surface area is 125 Å². The highest BCUT2D eigenvalue weighted by Crippen LogP contribution is 2.04. The summed E-state index contributed by atoms with van der Waals surface area (Å²) >= 11 is 0. The van der Waals surface area contributed by atoms with Crippen molar-refractivity contribution < 1.29 is 19.5 Å². The maximum atomic E-state index is 11.5. The molecule has 0 aromatic carbocycles. The first kappa shape index (κ1) is 19.2. The minimum absolute atomic E-state index is 0.0918. The zero-order valence-corrected chi connectivity index (χ0v) is 13.1. The summed E-state index contributed by atoms with van der Waals surface area (Å²) in [6, 6.07) is -0.450. The van der Waals surface area contributed by atoms with Gasteiger partial charge in [-0.15, -0.1) is 0 Å². The van der Waals surface area contributed by atoms with Crippen molar-refractivity contribution in [3.05, 3.63) is 0 Å². The van der Waals surface area contributed by atoms with Crippen molar-refractivity contribution in [1.82, 2.24) is 16.0 Å². The molecule has 0 aromatic rings. The SMILES string of the molecule is CCCC(CNC(=O)NCCC(=O)NCC(C)C)C(=O)O. The quantitative estimate of drug-likeness (QED) is 0.482. The van der Waals surface area contributed by atoms with Crippen molar-refractivity contribution in [2.24, 2.45) is 11.8 Å². The van der Waals surface area contributed by atoms with Gasteiger partial charge in [0.25, 0.3) is 0 Å². The predicted octanol–water partition coefficient (Wildman–Crippen LogP) is 0.949. The van der Waals surface area contributed by atoms with Crippen LogP contribution in [0.5, 0.6) is 0 Å². The van der Waals surface area contributed by atoms with Crippen LogP contribution in [0.4, 0.5) is 4.79 Å². The third-order valence-corrected chi connectivity index (χ3v) is 2.84. The standard InChI is InChI=1S/C14H27N3O4/c1-4-5-11(13(19)20)9-17-14(21)15-7-6-12(18)16-8-10(2)3/h10-11H,4-9H2,1-3H3,(H,16,18)(H,19,20)(H2,15,17,21). The van der Waals surface area contributed by atoms with E-state index in [1.807, 2.05) is 20.8 Å². The lowest BCUT2D eigenvalue weighted by Crippen LogP contribution is -2.41. The molecule has 0 radical (unpaired) electrons. The third-order valence-electron chi connectivity index (χ3n) is 2.84. The molecule has 1 unspecified atom stereocenters. The minimum Gasteiger partial charge on any atom is -0.481 e. The molecular formula is C14H27N3O4. The van der Waals surface area contributed by atoms with Crippen LogP contribution < -0.4 is 16.0 Å². The number of rotatable bonds is 10. The monoisotopic (exact) mass is 301 g/mol. The van der Waals surface area contributed by atoms with E-state index in [-0.39, 0.29) is 25.4 Å². The van der Waals surface area contributed by atoms with E-state index in [4.69, 9.17) is 5.11 Å². The molecule has 0 rings (SSSR count). The largest absolute Gasteiger partial charge is 0.481 e. The van der Waals surface area contributed by atoms with Crippen LogP contribution in [-0.2, 0) is 9.59 Å². The lowest BCUT2D eigenvalue weighted by molar-refractivity contribution is -0.141. The Morgan fingerprint density at radius 2 is 1.71 bits per heavy atom. The number of carboxylic acids is 1. The van der Waals surface area contributed by atoms with Crippen LogP contribution in [0, 0.1) is 11.8 Å². The maximum Gasteiger partial charge on any atom is 0.314 e. The highest BCUT2D eigenvalue weighted by atomic mass is 16.4. The van der Waals surface area contributed by atoms with Gasteiger partial charge >= 0.3 is 12.0 Å². The summed E-state index contributed by atoms with van der Waals surface area (Å²) in [5.41, 5.74) is 0. The predicted molar refractivity (Wildman–Crippen MR) is 79.9 cm³/mol. The van der Waals surface area contributed by atoms with Gasteiger partial charge in [0, 0.05) is 26.1 Å². The number of hydrogen-bond donors (Lipinski definition) is 4. The Bertz CT molecular complexity index is 345. The van der Waals surface area contributed by atoms with E-state index in [9.17, 15) is 14.4 Å². The number of nitrogens with one attached hydrogen (secondary N) is 3. The van der Waals surface area contributed by atoms with Crippen LogP contribution in [0.1, 0.15) is 40.0 Å². The van der Waals surface area contributed by atoms with Crippen LogP contribution >= 0.6 is 0 Å². The summed E-state index contributed by atoms with van der Waals surface area (Å²) < 4.78 is 0. The summed E-state index contributed by atoms with van der Waals surface area (Å²) in [6.45, 7) is 6.83. The number of carbonyl (C=O) groups excluding carboxylic acids is 2. The molecule has 0 aliphatic heterocycles. The van der Waals surface area contributed by atoms with Crippen LogP contribution in [0.15, 0.2) is 0 Å². The number of carbonyl (C=O) groups is 3. The zero-order chi connectivity index (χ0) is 16.3. The van der Waals surface area contributed by atoms with Crippen molar-refractivity contribution in [2.75, 3.05) is 19.6 Å². The van der Waals surface area contributed by atoms with Crippen LogP contribution in [-0.4, -0.2) is 42.6 Å². The van der Waals surface area contributed by atoms with E-state index in [0.717, 1.165) is 6.42 Å². The summed E-state index contributed by atoms with van der Waals surface area (Å²) in [7, 11) is 0. The molecule has 0 bridgehead atoms. The third kappa shape index (κ3) is 10.6. The Kier molecular flexibility index (Phi) is 10.0. The summed E-state index contributed by atoms with van der Waals surface area (Å²) in [5, 5.41) is 16.7. The number of hydrogen-bond acceptors (Lipinski definition) is 3. The molecule has 0 aromatic heterocycles. The molecule has 1 atom stereocenters. The first-order valence-electron chi connectivity index (χ1n) is 7.38. The van der Waals surface area contributed by atoms with Crippen molar-refractivity contribution >= 4 is 17.9 Å². The van der Waals surface area contributed by atoms with Crippen molar-refractivity contribution in [3.8, 4) is 0 Å². The fourth-order valence-corrected chi connectivity index (χ4v) is 1.64. The van der Waals surface area contributed by atoms with E-state index < -0.39 is 17.9 Å². The second-order valence-electron chi connectivity index (χ2n) is 5.41. The van der Waals surface area contributed by atoms with E-state index in [1.165, 1.54) is 0 Å². The first-order chi connectivity index (χ1) is 9.86. The molecule has 122 valence electrons. The van der Waals surface area contributed by atoms with Crippen molar-refractivity contribution in [3.63, 3.8) is 0 Å². The van der Waals surface area contributed by atoms with Crippen molar-refractivity contribution in [2.45, 2.75) is 40.0 Å². The maximum absolute atomic E-state index is 11.5. The van der Waals surface area contributed by atoms with Crippen LogP contribution in [0.2, 0.25) is 0 Å². The highest BCUT2D eigenvalue weighted by molar-refractivity contribution is 5.78. The van der Waals surface area contributed by atoms with Crippen molar-refractivity contribution in [1.29, 1.82) is 0 Å². The minimum atomic E-state index is -0.912. The molecule has 0 fully saturated rings. The Morgan fingerprint density at radius 1 is 1.05 bits per heavy atom. The lowest BCUT2D eigenvalue weighted by Gasteiger charge is -2.13. The number of amides is 3. The van der Waals surface area contributed by atoms with E-state index in [1.54, 1.807) is 0 Å². The van der Waals surface area contributed by atoms with Gasteiger partial charge in [-0.1, -0.05) is 27.2 Å². The van der Waals surface area contributed by atoms with E-state index >= 15 is 0 Å². The molecule has 0 aliphatic rings. The smallest absolute Gasteiger partial charge is 0.314 e. The van der Waals surface area contributed by atoms with Crippen LogP contribution in [0.25, 0.3) is 0 Å². The Hall–Kier alpha value is -1.79. The fraction of sp³-hybridized carbons (Fsp3) is 0.786. The van der Waals surface area contributed by atoms with E-state index in [2.05, 4.69) is 16.0 Å². The molecule has 7 heteroatoms. The average Bonchev–Trinajstić information content (AvgIpc) is 2.40. The average molecular weight is 301 g/mol. The summed E-state index contributed by atoms with van der Waals surface area (Å²) in [5.74, 6) is -1.21. The molecule has 3 amide bonds. The molecule has 0 heterocycles. The second-order valence-corrected chi connectivity index (χ2v) is 5.41. The molecule has 21 heavy (non-hydrogen) atoms. The Balaban J connectivity index is 3.80. The molecule has 0 saturated heterocycles. The molecular weight excluding hydrogens is 274 g/mol. The first-order valence-corrected chi connectivity index (χ1v) is 7.38. The van der Waals surface area contributed by atoms with Gasteiger partial charge in [-0.2, -0.15) is 0 Å². The summed E-state index contributed by atoms with van der Waals surface area (Å²) in [6.07, 6.45) is 1.47. The van der Waals surface area contributed by atoms with Gasteiger partial charge in [-0.25, -0.2) is 4.79 Å². The Morgan fingerprint density at radius 3 is 2.24 bits per heavy atom. The molecule has 7 nitrogen and oxygen atoms in total. The molecule has 0 spiro atoms. The van der Waals surface area contributed by atoms with Crippen LogP contribution in [0.3, 0.4) is 0 Å². The van der Waals surface area contributed by atoms with Gasteiger partial charge in [0.1, 0.15) is 0 Å². The number of carboxylic acid groups (broad SMARTS) is 1. The number of urea groups is 1. The molecule has 0 saturated carbocycles. The van der Waals surface area contributed by atoms with Gasteiger partial charge in [0.05, 0.1) is 5.92 Å². The van der Waals surface area contributed by atoms with Gasteiger partial charge < -0.3 is 21.1 Å². The topological polar surface area (TPSA) is 108 Å². The molecule has 4 N–H and O–H groups in total. The van der Waals surface area contributed by atoms with Gasteiger partial charge in [-0.05, 0) is 12.3 Å². The second kappa shape index (κ2) is 10.9. The van der Waals surface area contributed by atoms with Gasteiger partial charge in [-0.3, -0.25) is 9.59 Å². The zero-order valence-electron chi connectivity index (χ0n) is 13.1. The lowest BCUT2D eigenvalue weighted by atomic mass is 10.0. The van der Waals surface area contributed by atoms with Gasteiger partial charge in [0.15, 0.2) is 0 Å². The highest BCUT2D eigenvalue weighted by Gasteiger charge is 2.16. The van der Waals surface area contributed by atoms with Gasteiger partial charge in [0.2, 0.25) is 5.91 Å². The number of aliphatic carboxylic acids is 1. The van der Waals surface area contributed by atoms with E-state index in [0.29, 0.717) is 18.9 Å².